The normalized spacial score (nSPS) is 18.2. The fourth-order valence-electron chi connectivity index (χ4n) is 3.11. The fraction of sp³-hybridized carbons (Fsp3) is 0.312. The van der Waals surface area contributed by atoms with Gasteiger partial charge in [-0.3, -0.25) is 0 Å². The molecule has 0 amide bonds. The maximum absolute atomic E-state index is 12.8. The lowest BCUT2D eigenvalue weighted by Crippen LogP contribution is -2.40. The van der Waals surface area contributed by atoms with Crippen LogP contribution in [0.25, 0.3) is 11.4 Å². The minimum absolute atomic E-state index is 0.0541. The second-order valence-corrected chi connectivity index (χ2v) is 8.08. The van der Waals surface area contributed by atoms with Crippen molar-refractivity contribution in [1.82, 2.24) is 28.6 Å². The van der Waals surface area contributed by atoms with Crippen molar-refractivity contribution in [2.45, 2.75) is 24.5 Å². The van der Waals surface area contributed by atoms with E-state index in [1.807, 2.05) is 41.8 Å². The Morgan fingerprint density at radius 1 is 1.16 bits per heavy atom. The molecular weight excluding hydrogens is 340 g/mol. The maximum atomic E-state index is 12.8. The van der Waals surface area contributed by atoms with Crippen molar-refractivity contribution in [1.29, 1.82) is 0 Å². The molecule has 1 atom stereocenters. The molecule has 2 aromatic heterocycles. The van der Waals surface area contributed by atoms with Crippen LogP contribution in [0.5, 0.6) is 0 Å². The van der Waals surface area contributed by atoms with Crippen molar-refractivity contribution >= 4 is 10.0 Å². The SMILES string of the molecule is C[C@H]1CN(S(=O)(=O)c2cn(C)cn2)Cc2nnc(-c3ccccc3)n21. The number of sulfonamides is 1. The average Bonchev–Trinajstić information content (AvgIpc) is 3.22. The summed E-state index contributed by atoms with van der Waals surface area (Å²) in [7, 11) is -1.91. The van der Waals surface area contributed by atoms with Gasteiger partial charge in [-0.2, -0.15) is 4.31 Å². The molecule has 0 saturated carbocycles. The standard InChI is InChI=1S/C16H18N6O2S/c1-12-8-21(25(23,24)15-10-20(2)11-17-15)9-14-18-19-16(22(12)14)13-6-4-3-5-7-13/h3-7,10-12H,8-9H2,1-2H3/t12-/m0/s1. The zero-order valence-corrected chi connectivity index (χ0v) is 14.8. The Morgan fingerprint density at radius 3 is 2.60 bits per heavy atom. The summed E-state index contributed by atoms with van der Waals surface area (Å²) in [5, 5.41) is 8.57. The highest BCUT2D eigenvalue weighted by molar-refractivity contribution is 7.89. The molecule has 1 aromatic carbocycles. The van der Waals surface area contributed by atoms with Gasteiger partial charge in [-0.25, -0.2) is 13.4 Å². The molecular formula is C16H18N6O2S. The van der Waals surface area contributed by atoms with E-state index in [4.69, 9.17) is 0 Å². The van der Waals surface area contributed by atoms with Crippen molar-refractivity contribution in [3.8, 4) is 11.4 Å². The zero-order valence-electron chi connectivity index (χ0n) is 13.9. The number of imidazole rings is 1. The Hall–Kier alpha value is -2.52. The number of hydrogen-bond acceptors (Lipinski definition) is 5. The molecule has 3 heterocycles. The van der Waals surface area contributed by atoms with Gasteiger partial charge < -0.3 is 9.13 Å². The van der Waals surface area contributed by atoms with Gasteiger partial charge in [-0.1, -0.05) is 30.3 Å². The molecule has 4 rings (SSSR count). The summed E-state index contributed by atoms with van der Waals surface area (Å²) in [6.45, 7) is 2.51. The van der Waals surface area contributed by atoms with E-state index in [2.05, 4.69) is 15.2 Å². The Labute approximate surface area is 145 Å². The minimum atomic E-state index is -3.65. The monoisotopic (exact) mass is 358 g/mol. The minimum Gasteiger partial charge on any atom is -0.339 e. The number of nitrogens with zero attached hydrogens (tertiary/aromatic N) is 6. The van der Waals surface area contributed by atoms with Crippen molar-refractivity contribution in [2.75, 3.05) is 6.54 Å². The lowest BCUT2D eigenvalue weighted by atomic mass is 10.2. The molecule has 0 N–H and O–H groups in total. The second kappa shape index (κ2) is 5.78. The van der Waals surface area contributed by atoms with Crippen LogP contribution in [0.2, 0.25) is 0 Å². The summed E-state index contributed by atoms with van der Waals surface area (Å²) in [5.41, 5.74) is 0.967. The molecule has 9 heteroatoms. The Balaban J connectivity index is 1.70. The highest BCUT2D eigenvalue weighted by atomic mass is 32.2. The topological polar surface area (TPSA) is 85.9 Å². The highest BCUT2D eigenvalue weighted by Gasteiger charge is 2.35. The first-order valence-electron chi connectivity index (χ1n) is 7.94. The Bertz CT molecular complexity index is 1010. The van der Waals surface area contributed by atoms with Crippen LogP contribution in [0.3, 0.4) is 0 Å². The van der Waals surface area contributed by atoms with Gasteiger partial charge in [-0.05, 0) is 6.92 Å². The van der Waals surface area contributed by atoms with Crippen molar-refractivity contribution < 1.29 is 8.42 Å². The summed E-state index contributed by atoms with van der Waals surface area (Å²) in [6.07, 6.45) is 2.99. The van der Waals surface area contributed by atoms with E-state index in [1.54, 1.807) is 11.6 Å². The summed E-state index contributed by atoms with van der Waals surface area (Å²) in [5.74, 6) is 1.40. The number of benzene rings is 1. The molecule has 0 saturated heterocycles. The first-order valence-corrected chi connectivity index (χ1v) is 9.38. The number of aromatic nitrogens is 5. The van der Waals surface area contributed by atoms with Gasteiger partial charge in [0.1, 0.15) is 5.82 Å². The summed E-state index contributed by atoms with van der Waals surface area (Å²) < 4.78 is 30.7. The molecule has 0 bridgehead atoms. The van der Waals surface area contributed by atoms with Crippen LogP contribution in [0, 0.1) is 0 Å². The van der Waals surface area contributed by atoms with E-state index in [1.165, 1.54) is 16.8 Å². The van der Waals surface area contributed by atoms with Crippen molar-refractivity contribution in [3.05, 3.63) is 48.7 Å². The predicted octanol–water partition coefficient (Wildman–Crippen LogP) is 1.44. The third-order valence-electron chi connectivity index (χ3n) is 4.31. The number of fused-ring (bicyclic) bond motifs is 1. The van der Waals surface area contributed by atoms with Crippen LogP contribution in [0.15, 0.2) is 47.9 Å². The van der Waals surface area contributed by atoms with Gasteiger partial charge in [0.2, 0.25) is 0 Å². The first kappa shape index (κ1) is 16.0. The Kier molecular flexibility index (Phi) is 3.69. The van der Waals surface area contributed by atoms with Crippen LogP contribution in [-0.2, 0) is 23.6 Å². The molecule has 25 heavy (non-hydrogen) atoms. The summed E-state index contributed by atoms with van der Waals surface area (Å²) in [6, 6.07) is 9.71. The molecule has 1 aliphatic heterocycles. The van der Waals surface area contributed by atoms with Gasteiger partial charge >= 0.3 is 0 Å². The van der Waals surface area contributed by atoms with E-state index in [-0.39, 0.29) is 17.6 Å². The van der Waals surface area contributed by atoms with Gasteiger partial charge in [-0.15, -0.1) is 10.2 Å². The van der Waals surface area contributed by atoms with Crippen LogP contribution in [-0.4, -0.2) is 43.6 Å². The van der Waals surface area contributed by atoms with Crippen molar-refractivity contribution in [3.63, 3.8) is 0 Å². The smallest absolute Gasteiger partial charge is 0.262 e. The fourth-order valence-corrected chi connectivity index (χ4v) is 4.56. The zero-order chi connectivity index (χ0) is 17.6. The summed E-state index contributed by atoms with van der Waals surface area (Å²) >= 11 is 0. The first-order chi connectivity index (χ1) is 12.0. The van der Waals surface area contributed by atoms with E-state index in [0.717, 1.165) is 11.4 Å². The molecule has 0 spiro atoms. The average molecular weight is 358 g/mol. The van der Waals surface area contributed by atoms with Gasteiger partial charge in [0.05, 0.1) is 12.9 Å². The number of aryl methyl sites for hydroxylation is 1. The largest absolute Gasteiger partial charge is 0.339 e. The Morgan fingerprint density at radius 2 is 1.92 bits per heavy atom. The van der Waals surface area contributed by atoms with E-state index >= 15 is 0 Å². The molecule has 8 nitrogen and oxygen atoms in total. The molecule has 0 radical (unpaired) electrons. The number of hydrogen-bond donors (Lipinski definition) is 0. The molecule has 0 unspecified atom stereocenters. The van der Waals surface area contributed by atoms with E-state index in [0.29, 0.717) is 12.4 Å². The maximum Gasteiger partial charge on any atom is 0.262 e. The molecule has 0 aliphatic carbocycles. The quantitative estimate of drug-likeness (QED) is 0.707. The van der Waals surface area contributed by atoms with Crippen LogP contribution < -0.4 is 0 Å². The summed E-state index contributed by atoms with van der Waals surface area (Å²) in [4.78, 5) is 3.99. The number of rotatable bonds is 3. The third kappa shape index (κ3) is 2.65. The highest BCUT2D eigenvalue weighted by Crippen LogP contribution is 2.29. The van der Waals surface area contributed by atoms with Crippen molar-refractivity contribution in [2.24, 2.45) is 7.05 Å². The van der Waals surface area contributed by atoms with Crippen LogP contribution >= 0.6 is 0 Å². The molecule has 3 aromatic rings. The van der Waals surface area contributed by atoms with E-state index in [9.17, 15) is 8.42 Å². The van der Waals surface area contributed by atoms with Gasteiger partial charge in [0.25, 0.3) is 10.0 Å². The van der Waals surface area contributed by atoms with Gasteiger partial charge in [0.15, 0.2) is 10.9 Å². The predicted molar refractivity (Wildman–Crippen MR) is 91.0 cm³/mol. The lowest BCUT2D eigenvalue weighted by molar-refractivity contribution is 0.292. The molecule has 130 valence electrons. The van der Waals surface area contributed by atoms with E-state index < -0.39 is 10.0 Å². The second-order valence-electron chi connectivity index (χ2n) is 6.20. The third-order valence-corrected chi connectivity index (χ3v) is 6.01. The van der Waals surface area contributed by atoms with Crippen LogP contribution in [0.4, 0.5) is 0 Å². The lowest BCUT2D eigenvalue weighted by Gasteiger charge is -2.31. The van der Waals surface area contributed by atoms with Crippen LogP contribution in [0.1, 0.15) is 18.8 Å². The van der Waals surface area contributed by atoms with Gasteiger partial charge in [0, 0.05) is 31.4 Å². The molecule has 1 aliphatic rings. The molecule has 0 fully saturated rings.